The summed E-state index contributed by atoms with van der Waals surface area (Å²) in [7, 11) is 0. The normalized spacial score (nSPS) is 12.3. The monoisotopic (exact) mass is 484 g/mol. The van der Waals surface area contributed by atoms with E-state index in [1.165, 1.54) is 11.8 Å². The van der Waals surface area contributed by atoms with Crippen LogP contribution in [0.25, 0.3) is 10.2 Å². The van der Waals surface area contributed by atoms with E-state index < -0.39 is 0 Å². The molecule has 1 amide bonds. The Hall–Kier alpha value is -0.890. The lowest BCUT2D eigenvalue weighted by Gasteiger charge is -2.14. The Morgan fingerprint density at radius 2 is 1.92 bits per heavy atom. The van der Waals surface area contributed by atoms with Gasteiger partial charge < -0.3 is 5.32 Å². The van der Waals surface area contributed by atoms with Gasteiger partial charge in [0.15, 0.2) is 4.34 Å². The van der Waals surface area contributed by atoms with Gasteiger partial charge in [0.2, 0.25) is 5.91 Å². The molecule has 0 radical (unpaired) electrons. The van der Waals surface area contributed by atoms with Crippen molar-refractivity contribution >= 4 is 76.8 Å². The molecule has 7 heteroatoms. The molecule has 0 aliphatic rings. The van der Waals surface area contributed by atoms with E-state index in [1.54, 1.807) is 11.3 Å². The van der Waals surface area contributed by atoms with Gasteiger partial charge in [-0.2, -0.15) is 0 Å². The van der Waals surface area contributed by atoms with Crippen LogP contribution in [0.4, 0.5) is 5.69 Å². The number of carbonyl (C=O) groups excluding carboxylic acids is 1. The molecular weight excluding hydrogens is 472 g/mol. The lowest BCUT2D eigenvalue weighted by molar-refractivity contribution is -0.115. The van der Waals surface area contributed by atoms with Crippen molar-refractivity contribution in [1.29, 1.82) is 0 Å². The van der Waals surface area contributed by atoms with Gasteiger partial charge in [-0.25, -0.2) is 4.98 Å². The van der Waals surface area contributed by atoms with Crippen molar-refractivity contribution in [3.63, 3.8) is 0 Å². The van der Waals surface area contributed by atoms with Crippen molar-refractivity contribution in [2.45, 2.75) is 23.4 Å². The Kier molecular flexibility index (Phi) is 5.64. The minimum absolute atomic E-state index is 0.0514. The number of aryl methyl sites for hydroxylation is 1. The molecular formula is C17H14Br2N2OS2. The molecule has 24 heavy (non-hydrogen) atoms. The number of fused-ring (bicyclic) bond motifs is 1. The first-order chi connectivity index (χ1) is 11.4. The third kappa shape index (κ3) is 4.02. The topological polar surface area (TPSA) is 42.0 Å². The lowest BCUT2D eigenvalue weighted by atomic mass is 10.2. The number of nitrogens with zero attached hydrogens (tertiary/aromatic N) is 1. The molecule has 0 unspecified atom stereocenters. The predicted molar refractivity (Wildman–Crippen MR) is 110 cm³/mol. The second kappa shape index (κ2) is 7.56. The Labute approximate surface area is 165 Å². The molecule has 0 spiro atoms. The van der Waals surface area contributed by atoms with Crippen LogP contribution in [0.5, 0.6) is 0 Å². The van der Waals surface area contributed by atoms with Crippen LogP contribution in [0.15, 0.2) is 49.7 Å². The van der Waals surface area contributed by atoms with Gasteiger partial charge in [0, 0.05) is 8.95 Å². The van der Waals surface area contributed by atoms with Crippen molar-refractivity contribution in [2.75, 3.05) is 5.32 Å². The number of thiazole rings is 1. The van der Waals surface area contributed by atoms with E-state index in [0.717, 1.165) is 34.8 Å². The third-order valence-corrected chi connectivity index (χ3v) is 6.84. The molecule has 0 saturated heterocycles. The minimum Gasteiger partial charge on any atom is -0.323 e. The number of anilines is 1. The van der Waals surface area contributed by atoms with Gasteiger partial charge in [-0.05, 0) is 75.5 Å². The van der Waals surface area contributed by atoms with Crippen LogP contribution in [-0.4, -0.2) is 16.1 Å². The van der Waals surface area contributed by atoms with Crippen LogP contribution in [0, 0.1) is 6.92 Å². The summed E-state index contributed by atoms with van der Waals surface area (Å²) in [5, 5.41) is 2.74. The molecule has 0 aliphatic heterocycles. The number of thioether (sulfide) groups is 1. The summed E-state index contributed by atoms with van der Waals surface area (Å²) in [6.45, 7) is 3.90. The quantitative estimate of drug-likeness (QED) is 0.444. The molecule has 1 atom stereocenters. The summed E-state index contributed by atoms with van der Waals surface area (Å²) < 4.78 is 3.76. The summed E-state index contributed by atoms with van der Waals surface area (Å²) in [6.07, 6.45) is 0. The van der Waals surface area contributed by atoms with Crippen LogP contribution in [0.1, 0.15) is 12.5 Å². The van der Waals surface area contributed by atoms with E-state index in [0.29, 0.717) is 0 Å². The maximum atomic E-state index is 12.5. The SMILES string of the molecule is Cc1cc(Br)c(NC(=O)[C@H](C)Sc2nc3ccccc3s2)c(Br)c1. The molecule has 3 rings (SSSR count). The van der Waals surface area contributed by atoms with Crippen LogP contribution in [0.3, 0.4) is 0 Å². The van der Waals surface area contributed by atoms with E-state index >= 15 is 0 Å². The molecule has 3 aromatic rings. The molecule has 1 N–H and O–H groups in total. The number of carbonyl (C=O) groups is 1. The van der Waals surface area contributed by atoms with Gasteiger partial charge in [0.05, 0.1) is 21.2 Å². The van der Waals surface area contributed by atoms with Gasteiger partial charge in [0.25, 0.3) is 0 Å². The number of hydrogen-bond acceptors (Lipinski definition) is 4. The first-order valence-electron chi connectivity index (χ1n) is 7.23. The zero-order chi connectivity index (χ0) is 17.3. The van der Waals surface area contributed by atoms with E-state index in [4.69, 9.17) is 0 Å². The maximum absolute atomic E-state index is 12.5. The zero-order valence-electron chi connectivity index (χ0n) is 13.0. The van der Waals surface area contributed by atoms with Crippen molar-refractivity contribution in [3.05, 3.63) is 50.9 Å². The molecule has 2 aromatic carbocycles. The predicted octanol–water partition coefficient (Wildman–Crippen LogP) is 6.25. The largest absolute Gasteiger partial charge is 0.323 e. The molecule has 1 heterocycles. The Bertz CT molecular complexity index is 854. The fraction of sp³-hybridized carbons (Fsp3) is 0.176. The summed E-state index contributed by atoms with van der Waals surface area (Å²) in [4.78, 5) is 17.1. The first kappa shape index (κ1) is 17.9. The highest BCUT2D eigenvalue weighted by atomic mass is 79.9. The second-order valence-corrected chi connectivity index (χ2v) is 9.63. The number of benzene rings is 2. The Balaban J connectivity index is 1.73. The summed E-state index contributed by atoms with van der Waals surface area (Å²) in [5.74, 6) is -0.0514. The van der Waals surface area contributed by atoms with E-state index in [-0.39, 0.29) is 11.2 Å². The summed E-state index contributed by atoms with van der Waals surface area (Å²) in [6, 6.07) is 12.0. The average molecular weight is 486 g/mol. The fourth-order valence-electron chi connectivity index (χ4n) is 2.15. The van der Waals surface area contributed by atoms with E-state index in [9.17, 15) is 4.79 Å². The number of aromatic nitrogens is 1. The summed E-state index contributed by atoms with van der Waals surface area (Å²) in [5.41, 5.74) is 2.84. The maximum Gasteiger partial charge on any atom is 0.237 e. The van der Waals surface area contributed by atoms with Gasteiger partial charge in [0.1, 0.15) is 0 Å². The fourth-order valence-corrected chi connectivity index (χ4v) is 5.98. The van der Waals surface area contributed by atoms with Gasteiger partial charge in [-0.15, -0.1) is 11.3 Å². The summed E-state index contributed by atoms with van der Waals surface area (Å²) >= 11 is 10.1. The highest BCUT2D eigenvalue weighted by molar-refractivity contribution is 9.11. The van der Waals surface area contributed by atoms with Gasteiger partial charge in [-0.1, -0.05) is 23.9 Å². The van der Waals surface area contributed by atoms with Gasteiger partial charge >= 0.3 is 0 Å². The molecule has 1 aromatic heterocycles. The number of amides is 1. The third-order valence-electron chi connectivity index (χ3n) is 3.36. The highest BCUT2D eigenvalue weighted by Gasteiger charge is 2.19. The molecule has 0 bridgehead atoms. The van der Waals surface area contributed by atoms with E-state index in [1.807, 2.05) is 50.2 Å². The van der Waals surface area contributed by atoms with E-state index in [2.05, 4.69) is 42.2 Å². The average Bonchev–Trinajstić information content (AvgIpc) is 2.92. The Morgan fingerprint density at radius 1 is 1.25 bits per heavy atom. The smallest absolute Gasteiger partial charge is 0.237 e. The second-order valence-electron chi connectivity index (χ2n) is 5.30. The molecule has 0 aliphatic carbocycles. The zero-order valence-corrected chi connectivity index (χ0v) is 17.8. The van der Waals surface area contributed by atoms with Crippen molar-refractivity contribution in [2.24, 2.45) is 0 Å². The lowest BCUT2D eigenvalue weighted by Crippen LogP contribution is -2.22. The number of hydrogen-bond donors (Lipinski definition) is 1. The standard InChI is InChI=1S/C17H14Br2N2OS2/c1-9-7-11(18)15(12(19)8-9)21-16(22)10(2)23-17-20-13-5-3-4-6-14(13)24-17/h3-8,10H,1-2H3,(H,21,22)/t10-/m0/s1. The molecule has 0 saturated carbocycles. The van der Waals surface area contributed by atoms with Crippen molar-refractivity contribution < 1.29 is 4.79 Å². The first-order valence-corrected chi connectivity index (χ1v) is 10.5. The number of halogens is 2. The van der Waals surface area contributed by atoms with Crippen molar-refractivity contribution in [3.8, 4) is 0 Å². The molecule has 3 nitrogen and oxygen atoms in total. The number of rotatable bonds is 4. The molecule has 0 fully saturated rings. The van der Waals surface area contributed by atoms with Crippen LogP contribution >= 0.6 is 55.0 Å². The Morgan fingerprint density at radius 3 is 2.58 bits per heavy atom. The minimum atomic E-state index is -0.245. The van der Waals surface area contributed by atoms with Gasteiger partial charge in [-0.3, -0.25) is 4.79 Å². The number of nitrogens with one attached hydrogen (secondary N) is 1. The van der Waals surface area contributed by atoms with Crippen molar-refractivity contribution in [1.82, 2.24) is 4.98 Å². The highest BCUT2D eigenvalue weighted by Crippen LogP contribution is 2.35. The van der Waals surface area contributed by atoms with Crippen LogP contribution in [0.2, 0.25) is 0 Å². The number of para-hydroxylation sites is 1. The molecule has 124 valence electrons. The van der Waals surface area contributed by atoms with Crippen LogP contribution in [-0.2, 0) is 4.79 Å². The van der Waals surface area contributed by atoms with Crippen LogP contribution < -0.4 is 5.32 Å².